The van der Waals surface area contributed by atoms with E-state index < -0.39 is 12.1 Å². The number of carbonyl (C=O) groups is 2. The van der Waals surface area contributed by atoms with Crippen LogP contribution in [0.1, 0.15) is 11.1 Å². The number of hydrogen-bond acceptors (Lipinski definition) is 3. The van der Waals surface area contributed by atoms with E-state index in [1.165, 1.54) is 0 Å². The van der Waals surface area contributed by atoms with Crippen LogP contribution >= 0.6 is 0 Å². The van der Waals surface area contributed by atoms with Crippen LogP contribution in [0.3, 0.4) is 0 Å². The largest absolute Gasteiger partial charge is 0.361 e. The Morgan fingerprint density at radius 1 is 1.13 bits per heavy atom. The molecule has 4 rings (SSSR count). The Morgan fingerprint density at radius 3 is 2.67 bits per heavy atom. The number of primary amides is 1. The molecule has 0 bridgehead atoms. The lowest BCUT2D eigenvalue weighted by Gasteiger charge is -2.17. The number of aromatic nitrogens is 3. The summed E-state index contributed by atoms with van der Waals surface area (Å²) in [6, 6.07) is 13.8. The van der Waals surface area contributed by atoms with E-state index in [1.807, 2.05) is 65.5 Å². The Morgan fingerprint density at radius 2 is 1.93 bits per heavy atom. The quantitative estimate of drug-likeness (QED) is 0.380. The van der Waals surface area contributed by atoms with Crippen molar-refractivity contribution < 1.29 is 9.59 Å². The fraction of sp³-hybridized carbons (Fsp3) is 0.136. The van der Waals surface area contributed by atoms with E-state index in [1.54, 1.807) is 12.5 Å². The van der Waals surface area contributed by atoms with Crippen LogP contribution in [0.5, 0.6) is 0 Å². The molecule has 2 aromatic carbocycles. The number of amides is 3. The van der Waals surface area contributed by atoms with Gasteiger partial charge in [-0.1, -0.05) is 30.3 Å². The molecule has 0 saturated heterocycles. The SMILES string of the molecule is NC(=O)NC(Cc1c[nH]c2ccccc12)C(=O)Nc1ccc(Cn2ccnc2)cc1. The van der Waals surface area contributed by atoms with Gasteiger partial charge in [-0.25, -0.2) is 9.78 Å². The van der Waals surface area contributed by atoms with Crippen LogP contribution in [0.2, 0.25) is 0 Å². The van der Waals surface area contributed by atoms with Gasteiger partial charge in [0.1, 0.15) is 6.04 Å². The third kappa shape index (κ3) is 4.49. The minimum absolute atomic E-state index is 0.317. The molecular weight excluding hydrogens is 380 g/mol. The van der Waals surface area contributed by atoms with E-state index in [-0.39, 0.29) is 5.91 Å². The predicted octanol–water partition coefficient (Wildman–Crippen LogP) is 2.63. The van der Waals surface area contributed by atoms with E-state index in [9.17, 15) is 9.59 Å². The molecule has 30 heavy (non-hydrogen) atoms. The number of aromatic amines is 1. The van der Waals surface area contributed by atoms with E-state index in [4.69, 9.17) is 5.73 Å². The maximum Gasteiger partial charge on any atom is 0.312 e. The highest BCUT2D eigenvalue weighted by molar-refractivity contribution is 5.97. The smallest absolute Gasteiger partial charge is 0.312 e. The molecule has 152 valence electrons. The summed E-state index contributed by atoms with van der Waals surface area (Å²) in [5.41, 5.74) is 8.93. The first-order valence-electron chi connectivity index (χ1n) is 9.55. The lowest BCUT2D eigenvalue weighted by molar-refractivity contribution is -0.117. The monoisotopic (exact) mass is 402 g/mol. The summed E-state index contributed by atoms with van der Waals surface area (Å²) in [5.74, 6) is -0.332. The van der Waals surface area contributed by atoms with Gasteiger partial charge in [-0.15, -0.1) is 0 Å². The number of H-pyrrole nitrogens is 1. The Bertz CT molecular complexity index is 1150. The molecule has 3 amide bonds. The number of nitrogens with one attached hydrogen (secondary N) is 3. The highest BCUT2D eigenvalue weighted by Gasteiger charge is 2.22. The van der Waals surface area contributed by atoms with E-state index in [0.29, 0.717) is 18.7 Å². The second-order valence-electron chi connectivity index (χ2n) is 7.05. The first-order chi connectivity index (χ1) is 14.6. The van der Waals surface area contributed by atoms with Crippen molar-refractivity contribution in [3.8, 4) is 0 Å². The summed E-state index contributed by atoms with van der Waals surface area (Å²) >= 11 is 0. The second kappa shape index (κ2) is 8.52. The molecule has 0 fully saturated rings. The van der Waals surface area contributed by atoms with Gasteiger partial charge in [0.2, 0.25) is 5.91 Å². The van der Waals surface area contributed by atoms with E-state index in [2.05, 4.69) is 20.6 Å². The van der Waals surface area contributed by atoms with Crippen molar-refractivity contribution in [1.29, 1.82) is 0 Å². The molecule has 0 aliphatic rings. The Kier molecular flexibility index (Phi) is 5.47. The van der Waals surface area contributed by atoms with Gasteiger partial charge in [0.25, 0.3) is 0 Å². The third-order valence-electron chi connectivity index (χ3n) is 4.88. The summed E-state index contributed by atoms with van der Waals surface area (Å²) < 4.78 is 1.96. The molecule has 0 spiro atoms. The van der Waals surface area contributed by atoms with E-state index >= 15 is 0 Å². The molecule has 0 saturated carbocycles. The standard InChI is InChI=1S/C22H22N6O2/c23-22(30)27-20(11-16-12-25-19-4-2-1-3-18(16)19)21(29)26-17-7-5-15(6-8-17)13-28-10-9-24-14-28/h1-10,12,14,20,25H,11,13H2,(H,26,29)(H3,23,27,30). The molecular formula is C22H22N6O2. The van der Waals surface area contributed by atoms with Gasteiger partial charge < -0.3 is 25.9 Å². The fourth-order valence-electron chi connectivity index (χ4n) is 3.42. The molecule has 2 heterocycles. The molecule has 0 aliphatic carbocycles. The van der Waals surface area contributed by atoms with Crippen LogP contribution in [-0.2, 0) is 17.8 Å². The topological polar surface area (TPSA) is 118 Å². The Hall–Kier alpha value is -4.07. The van der Waals surface area contributed by atoms with Gasteiger partial charge in [0.15, 0.2) is 0 Å². The van der Waals surface area contributed by atoms with Crippen LogP contribution in [0.4, 0.5) is 10.5 Å². The van der Waals surface area contributed by atoms with Crippen molar-refractivity contribution in [2.75, 3.05) is 5.32 Å². The fourth-order valence-corrected chi connectivity index (χ4v) is 3.42. The molecule has 5 N–H and O–H groups in total. The lowest BCUT2D eigenvalue weighted by atomic mass is 10.0. The maximum atomic E-state index is 12.8. The second-order valence-corrected chi connectivity index (χ2v) is 7.05. The van der Waals surface area contributed by atoms with Crippen LogP contribution in [0, 0.1) is 0 Å². The van der Waals surface area contributed by atoms with Gasteiger partial charge >= 0.3 is 6.03 Å². The number of carbonyl (C=O) groups excluding carboxylic acids is 2. The first kappa shape index (κ1) is 19.3. The molecule has 0 aliphatic heterocycles. The number of nitrogens with zero attached hydrogens (tertiary/aromatic N) is 2. The van der Waals surface area contributed by atoms with Crippen LogP contribution < -0.4 is 16.4 Å². The van der Waals surface area contributed by atoms with Crippen molar-refractivity contribution in [3.63, 3.8) is 0 Å². The first-order valence-corrected chi connectivity index (χ1v) is 9.55. The van der Waals surface area contributed by atoms with Gasteiger partial charge in [0.05, 0.1) is 6.33 Å². The number of para-hydroxylation sites is 1. The zero-order valence-electron chi connectivity index (χ0n) is 16.2. The summed E-state index contributed by atoms with van der Waals surface area (Å²) in [7, 11) is 0. The number of imidazole rings is 1. The zero-order chi connectivity index (χ0) is 20.9. The van der Waals surface area contributed by atoms with Crippen LogP contribution in [0.15, 0.2) is 73.4 Å². The normalized spacial score (nSPS) is 11.9. The van der Waals surface area contributed by atoms with E-state index in [0.717, 1.165) is 22.0 Å². The average Bonchev–Trinajstić information content (AvgIpc) is 3.39. The molecule has 0 radical (unpaired) electrons. The molecule has 8 heteroatoms. The van der Waals surface area contributed by atoms with Gasteiger partial charge in [-0.3, -0.25) is 4.79 Å². The predicted molar refractivity (Wildman–Crippen MR) is 115 cm³/mol. The Labute approximate surface area is 173 Å². The minimum Gasteiger partial charge on any atom is -0.361 e. The van der Waals surface area contributed by atoms with Gasteiger partial charge in [-0.05, 0) is 29.3 Å². The van der Waals surface area contributed by atoms with Gasteiger partial charge in [0, 0.05) is 48.1 Å². The molecule has 4 aromatic rings. The van der Waals surface area contributed by atoms with Gasteiger partial charge in [-0.2, -0.15) is 0 Å². The van der Waals surface area contributed by atoms with Crippen LogP contribution in [0.25, 0.3) is 10.9 Å². The Balaban J connectivity index is 1.46. The zero-order valence-corrected chi connectivity index (χ0v) is 16.2. The summed E-state index contributed by atoms with van der Waals surface area (Å²) in [4.78, 5) is 31.5. The number of anilines is 1. The highest BCUT2D eigenvalue weighted by Crippen LogP contribution is 2.20. The molecule has 1 unspecified atom stereocenters. The average molecular weight is 402 g/mol. The number of hydrogen-bond donors (Lipinski definition) is 4. The summed E-state index contributed by atoms with van der Waals surface area (Å²) in [5, 5.41) is 6.41. The number of urea groups is 1. The lowest BCUT2D eigenvalue weighted by Crippen LogP contribution is -2.47. The van der Waals surface area contributed by atoms with Crippen molar-refractivity contribution >= 4 is 28.5 Å². The summed E-state index contributed by atoms with van der Waals surface area (Å²) in [6.07, 6.45) is 7.53. The highest BCUT2D eigenvalue weighted by atomic mass is 16.2. The van der Waals surface area contributed by atoms with Crippen LogP contribution in [-0.4, -0.2) is 32.5 Å². The number of nitrogens with two attached hydrogens (primary N) is 1. The third-order valence-corrected chi connectivity index (χ3v) is 4.88. The number of fused-ring (bicyclic) bond motifs is 1. The number of benzene rings is 2. The molecule has 8 nitrogen and oxygen atoms in total. The van der Waals surface area contributed by atoms with Crippen molar-refractivity contribution in [3.05, 3.63) is 84.6 Å². The number of rotatable bonds is 7. The van der Waals surface area contributed by atoms with Crippen molar-refractivity contribution in [1.82, 2.24) is 19.9 Å². The maximum absolute atomic E-state index is 12.8. The molecule has 1 atom stereocenters. The van der Waals surface area contributed by atoms with Crippen molar-refractivity contribution in [2.45, 2.75) is 19.0 Å². The van der Waals surface area contributed by atoms with Crippen molar-refractivity contribution in [2.24, 2.45) is 5.73 Å². The molecule has 2 aromatic heterocycles. The minimum atomic E-state index is -0.799. The summed E-state index contributed by atoms with van der Waals surface area (Å²) in [6.45, 7) is 0.695.